The molecular weight excluding hydrogens is 403 g/mol. The summed E-state index contributed by atoms with van der Waals surface area (Å²) in [6.45, 7) is 4.36. The molecule has 1 amide bonds. The molecule has 0 aliphatic rings. The SMILES string of the molecule is Cc1ccc(Nc2c(C(=O)NOCCO)cc(CNOC(C)C)c(F)c2F)c(F)c1. The summed E-state index contributed by atoms with van der Waals surface area (Å²) in [5.74, 6) is -4.21. The zero-order chi connectivity index (χ0) is 22.3. The molecule has 0 spiro atoms. The second-order valence-corrected chi connectivity index (χ2v) is 6.69. The van der Waals surface area contributed by atoms with Gasteiger partial charge in [0.05, 0.1) is 36.3 Å². The van der Waals surface area contributed by atoms with E-state index in [2.05, 4.69) is 10.8 Å². The molecule has 2 aromatic carbocycles. The predicted molar refractivity (Wildman–Crippen MR) is 104 cm³/mol. The number of aryl methyl sites for hydroxylation is 1. The average molecular weight is 427 g/mol. The van der Waals surface area contributed by atoms with Crippen molar-refractivity contribution in [2.75, 3.05) is 18.5 Å². The Morgan fingerprint density at radius 1 is 1.17 bits per heavy atom. The fourth-order valence-electron chi connectivity index (χ4n) is 2.47. The largest absolute Gasteiger partial charge is 0.394 e. The molecule has 0 atom stereocenters. The average Bonchev–Trinajstić information content (AvgIpc) is 2.68. The molecule has 4 N–H and O–H groups in total. The van der Waals surface area contributed by atoms with Gasteiger partial charge in [-0.15, -0.1) is 0 Å². The van der Waals surface area contributed by atoms with Crippen LogP contribution in [0.4, 0.5) is 24.5 Å². The molecule has 0 aliphatic heterocycles. The number of carbonyl (C=O) groups is 1. The van der Waals surface area contributed by atoms with Crippen LogP contribution in [0.2, 0.25) is 0 Å². The fraction of sp³-hybridized carbons (Fsp3) is 0.350. The van der Waals surface area contributed by atoms with E-state index in [1.54, 1.807) is 26.8 Å². The summed E-state index contributed by atoms with van der Waals surface area (Å²) in [5, 5.41) is 11.2. The summed E-state index contributed by atoms with van der Waals surface area (Å²) >= 11 is 0. The van der Waals surface area contributed by atoms with E-state index in [-0.39, 0.29) is 42.7 Å². The van der Waals surface area contributed by atoms with Gasteiger partial charge in [-0.1, -0.05) is 6.07 Å². The number of nitrogens with one attached hydrogen (secondary N) is 3. The molecule has 164 valence electrons. The van der Waals surface area contributed by atoms with E-state index in [1.165, 1.54) is 12.1 Å². The molecule has 0 fully saturated rings. The summed E-state index contributed by atoms with van der Waals surface area (Å²) in [6, 6.07) is 5.23. The Labute approximate surface area is 172 Å². The number of aliphatic hydroxyl groups is 1. The van der Waals surface area contributed by atoms with Crippen LogP contribution in [0.3, 0.4) is 0 Å². The van der Waals surface area contributed by atoms with Gasteiger partial charge < -0.3 is 10.4 Å². The highest BCUT2D eigenvalue weighted by Gasteiger charge is 2.24. The molecule has 2 aromatic rings. The van der Waals surface area contributed by atoms with Crippen molar-refractivity contribution in [3.63, 3.8) is 0 Å². The summed E-state index contributed by atoms with van der Waals surface area (Å²) in [7, 11) is 0. The third kappa shape index (κ3) is 6.17. The maximum absolute atomic E-state index is 14.9. The van der Waals surface area contributed by atoms with Crippen LogP contribution < -0.4 is 16.3 Å². The number of halogens is 3. The minimum absolute atomic E-state index is 0.141. The maximum atomic E-state index is 14.9. The van der Waals surface area contributed by atoms with E-state index in [1.807, 2.05) is 5.48 Å². The molecular formula is C20H24F3N3O4. The van der Waals surface area contributed by atoms with Crippen LogP contribution >= 0.6 is 0 Å². The lowest BCUT2D eigenvalue weighted by Gasteiger charge is -2.17. The van der Waals surface area contributed by atoms with Crippen LogP contribution in [-0.2, 0) is 16.2 Å². The zero-order valence-corrected chi connectivity index (χ0v) is 16.8. The van der Waals surface area contributed by atoms with E-state index in [0.29, 0.717) is 5.56 Å². The lowest BCUT2D eigenvalue weighted by Crippen LogP contribution is -2.27. The Balaban J connectivity index is 2.43. The normalized spacial score (nSPS) is 11.1. The molecule has 0 saturated heterocycles. The lowest BCUT2D eigenvalue weighted by atomic mass is 10.1. The highest BCUT2D eigenvalue weighted by atomic mass is 19.2. The minimum Gasteiger partial charge on any atom is -0.394 e. The topological polar surface area (TPSA) is 91.9 Å². The number of benzene rings is 2. The van der Waals surface area contributed by atoms with E-state index in [0.717, 1.165) is 6.07 Å². The van der Waals surface area contributed by atoms with Crippen molar-refractivity contribution in [2.45, 2.75) is 33.4 Å². The van der Waals surface area contributed by atoms with Gasteiger partial charge in [-0.3, -0.25) is 14.5 Å². The number of rotatable bonds is 10. The van der Waals surface area contributed by atoms with E-state index in [4.69, 9.17) is 14.8 Å². The first-order valence-electron chi connectivity index (χ1n) is 9.20. The minimum atomic E-state index is -1.37. The quantitative estimate of drug-likeness (QED) is 0.344. The molecule has 30 heavy (non-hydrogen) atoms. The van der Waals surface area contributed by atoms with Gasteiger partial charge in [0, 0.05) is 12.1 Å². The number of hydrogen-bond acceptors (Lipinski definition) is 6. The van der Waals surface area contributed by atoms with Crippen molar-refractivity contribution >= 4 is 17.3 Å². The Morgan fingerprint density at radius 2 is 1.90 bits per heavy atom. The molecule has 0 aromatic heterocycles. The van der Waals surface area contributed by atoms with Gasteiger partial charge >= 0.3 is 0 Å². The number of amides is 1. The zero-order valence-electron chi connectivity index (χ0n) is 16.8. The second kappa shape index (κ2) is 10.9. The van der Waals surface area contributed by atoms with Gasteiger partial charge in [-0.2, -0.15) is 5.48 Å². The molecule has 0 heterocycles. The Hall–Kier alpha value is -2.66. The molecule has 0 aliphatic carbocycles. The van der Waals surface area contributed by atoms with Crippen molar-refractivity contribution in [3.05, 3.63) is 58.4 Å². The first kappa shape index (κ1) is 23.6. The molecule has 7 nitrogen and oxygen atoms in total. The van der Waals surface area contributed by atoms with E-state index < -0.39 is 29.0 Å². The Morgan fingerprint density at radius 3 is 2.53 bits per heavy atom. The van der Waals surface area contributed by atoms with Crippen LogP contribution in [0.25, 0.3) is 0 Å². The molecule has 2 rings (SSSR count). The fourth-order valence-corrected chi connectivity index (χ4v) is 2.47. The first-order chi connectivity index (χ1) is 14.2. The van der Waals surface area contributed by atoms with Gasteiger partial charge in [0.1, 0.15) is 5.82 Å². The summed E-state index contributed by atoms with van der Waals surface area (Å²) in [6.07, 6.45) is -0.210. The van der Waals surface area contributed by atoms with Crippen molar-refractivity contribution < 1.29 is 32.7 Å². The number of carbonyl (C=O) groups excluding carboxylic acids is 1. The molecule has 0 unspecified atom stereocenters. The highest BCUT2D eigenvalue weighted by molar-refractivity contribution is 6.00. The van der Waals surface area contributed by atoms with E-state index >= 15 is 0 Å². The molecule has 0 bridgehead atoms. The second-order valence-electron chi connectivity index (χ2n) is 6.69. The van der Waals surface area contributed by atoms with Crippen molar-refractivity contribution in [2.24, 2.45) is 0 Å². The van der Waals surface area contributed by atoms with Crippen LogP contribution in [0, 0.1) is 24.4 Å². The third-order valence-electron chi connectivity index (χ3n) is 3.85. The molecule has 10 heteroatoms. The maximum Gasteiger partial charge on any atom is 0.277 e. The summed E-state index contributed by atoms with van der Waals surface area (Å²) in [5.41, 5.74) is 3.93. The standard InChI is InChI=1S/C20H24F3N3O4/c1-11(2)30-24-10-13-9-14(20(28)26-29-7-6-27)19(18(23)17(13)22)25-16-5-4-12(3)8-15(16)21/h4-5,8-9,11,24-25,27H,6-7,10H2,1-3H3,(H,26,28). The monoisotopic (exact) mass is 427 g/mol. The lowest BCUT2D eigenvalue weighted by molar-refractivity contribution is -0.00937. The Bertz CT molecular complexity index is 894. The highest BCUT2D eigenvalue weighted by Crippen LogP contribution is 2.30. The predicted octanol–water partition coefficient (Wildman–Crippen LogP) is 3.24. The third-order valence-corrected chi connectivity index (χ3v) is 3.85. The van der Waals surface area contributed by atoms with Crippen LogP contribution in [0.5, 0.6) is 0 Å². The number of hydrogen-bond donors (Lipinski definition) is 4. The number of anilines is 2. The van der Waals surface area contributed by atoms with Crippen molar-refractivity contribution in [1.82, 2.24) is 11.0 Å². The van der Waals surface area contributed by atoms with Crippen LogP contribution in [0.1, 0.15) is 35.3 Å². The van der Waals surface area contributed by atoms with Gasteiger partial charge in [0.2, 0.25) is 0 Å². The smallest absolute Gasteiger partial charge is 0.277 e. The summed E-state index contributed by atoms with van der Waals surface area (Å²) in [4.78, 5) is 22.3. The van der Waals surface area contributed by atoms with Crippen molar-refractivity contribution in [1.29, 1.82) is 0 Å². The Kier molecular flexibility index (Phi) is 8.60. The van der Waals surface area contributed by atoms with Gasteiger partial charge in [-0.25, -0.2) is 18.7 Å². The first-order valence-corrected chi connectivity index (χ1v) is 9.20. The van der Waals surface area contributed by atoms with Gasteiger partial charge in [0.25, 0.3) is 5.91 Å². The van der Waals surface area contributed by atoms with Crippen molar-refractivity contribution in [3.8, 4) is 0 Å². The van der Waals surface area contributed by atoms with Crippen LogP contribution in [0.15, 0.2) is 24.3 Å². The number of hydroxylamine groups is 2. The van der Waals surface area contributed by atoms with Gasteiger partial charge in [0.15, 0.2) is 11.6 Å². The summed E-state index contributed by atoms with van der Waals surface area (Å²) < 4.78 is 43.7. The van der Waals surface area contributed by atoms with Gasteiger partial charge in [-0.05, 0) is 44.5 Å². The molecule has 0 saturated carbocycles. The molecule has 0 radical (unpaired) electrons. The number of aliphatic hydroxyl groups excluding tert-OH is 1. The van der Waals surface area contributed by atoms with E-state index in [9.17, 15) is 18.0 Å². The van der Waals surface area contributed by atoms with Crippen LogP contribution in [-0.4, -0.2) is 30.3 Å².